The zero-order valence-electron chi connectivity index (χ0n) is 15.7. The van der Waals surface area contributed by atoms with Gasteiger partial charge in [-0.3, -0.25) is 0 Å². The topological polar surface area (TPSA) is 49.4 Å². The van der Waals surface area contributed by atoms with Crippen LogP contribution in [-0.4, -0.2) is 90.1 Å². The molecule has 6 nitrogen and oxygen atoms in total. The molecule has 0 saturated carbocycles. The zero-order chi connectivity index (χ0) is 17.8. The summed E-state index contributed by atoms with van der Waals surface area (Å²) in [5, 5.41) is 0. The average molecular weight is 371 g/mol. The Bertz CT molecular complexity index is 265. The predicted molar refractivity (Wildman–Crippen MR) is 99.5 cm³/mol. The van der Waals surface area contributed by atoms with Crippen LogP contribution in [0, 0.1) is 0 Å². The minimum atomic E-state index is -0.473. The summed E-state index contributed by atoms with van der Waals surface area (Å²) in [7, 11) is 9.69. The van der Waals surface area contributed by atoms with Crippen LogP contribution in [0.1, 0.15) is 13.8 Å². The van der Waals surface area contributed by atoms with Crippen molar-refractivity contribution in [2.75, 3.05) is 74.1 Å². The third kappa shape index (κ3) is 10.3. The second-order valence-electron chi connectivity index (χ2n) is 5.40. The SMILES string of the molecule is COCCN(CCPC(C)(OC)OC)CCPC(C)(OC)OC. The summed E-state index contributed by atoms with van der Waals surface area (Å²) in [6.07, 6.45) is 2.08. The van der Waals surface area contributed by atoms with E-state index in [-0.39, 0.29) is 0 Å². The molecular formula is C15H35NO5P2. The van der Waals surface area contributed by atoms with Crippen LogP contribution >= 0.6 is 17.2 Å². The van der Waals surface area contributed by atoms with Crippen LogP contribution in [-0.2, 0) is 23.7 Å². The summed E-state index contributed by atoms with van der Waals surface area (Å²) in [6, 6.07) is 0. The molecular weight excluding hydrogens is 336 g/mol. The molecule has 0 aliphatic heterocycles. The maximum Gasteiger partial charge on any atom is 0.180 e. The number of nitrogens with zero attached hydrogens (tertiary/aromatic N) is 1. The van der Waals surface area contributed by atoms with Gasteiger partial charge in [0.05, 0.1) is 6.61 Å². The number of methoxy groups -OCH3 is 5. The maximum absolute atomic E-state index is 5.42. The molecule has 0 radical (unpaired) electrons. The largest absolute Gasteiger partial charge is 0.383 e. The molecule has 0 heterocycles. The highest BCUT2D eigenvalue weighted by Gasteiger charge is 2.23. The smallest absolute Gasteiger partial charge is 0.180 e. The Hall–Kier alpha value is 0.620. The van der Waals surface area contributed by atoms with Crippen molar-refractivity contribution in [2.24, 2.45) is 0 Å². The minimum absolute atomic E-state index is 0.473. The molecule has 0 saturated heterocycles. The molecule has 0 aliphatic rings. The quantitative estimate of drug-likeness (QED) is 0.325. The standard InChI is InChI=1S/C15H35NO5P2/c1-14(18-4,19-5)22-12-9-16(8-11-17-3)10-13-23-15(2,20-6)21-7/h22-23H,8-13H2,1-7H3. The average Bonchev–Trinajstić information content (AvgIpc) is 2.58. The van der Waals surface area contributed by atoms with E-state index < -0.39 is 11.1 Å². The molecule has 0 bridgehead atoms. The number of hydrogen-bond acceptors (Lipinski definition) is 6. The van der Waals surface area contributed by atoms with E-state index in [2.05, 4.69) is 4.90 Å². The Morgan fingerprint density at radius 1 is 0.696 bits per heavy atom. The first-order valence-electron chi connectivity index (χ1n) is 7.80. The van der Waals surface area contributed by atoms with Crippen molar-refractivity contribution in [3.8, 4) is 0 Å². The van der Waals surface area contributed by atoms with E-state index in [0.29, 0.717) is 17.2 Å². The van der Waals surface area contributed by atoms with Gasteiger partial charge in [0.1, 0.15) is 0 Å². The van der Waals surface area contributed by atoms with Gasteiger partial charge in [0.2, 0.25) is 0 Å². The van der Waals surface area contributed by atoms with Crippen LogP contribution in [0.5, 0.6) is 0 Å². The monoisotopic (exact) mass is 371 g/mol. The first-order valence-corrected chi connectivity index (χ1v) is 10.2. The molecule has 0 spiro atoms. The Balaban J connectivity index is 4.25. The lowest BCUT2D eigenvalue weighted by Crippen LogP contribution is -2.34. The molecule has 0 fully saturated rings. The van der Waals surface area contributed by atoms with Gasteiger partial charge in [0.25, 0.3) is 0 Å². The second-order valence-corrected chi connectivity index (χ2v) is 8.92. The van der Waals surface area contributed by atoms with E-state index in [1.54, 1.807) is 35.5 Å². The zero-order valence-corrected chi connectivity index (χ0v) is 17.7. The van der Waals surface area contributed by atoms with Gasteiger partial charge in [-0.15, -0.1) is 0 Å². The van der Waals surface area contributed by atoms with E-state index in [1.165, 1.54) is 0 Å². The Labute approximate surface area is 145 Å². The molecule has 0 aliphatic carbocycles. The first-order chi connectivity index (χ1) is 10.9. The van der Waals surface area contributed by atoms with Crippen LogP contribution in [0.15, 0.2) is 0 Å². The highest BCUT2D eigenvalue weighted by atomic mass is 31.1. The van der Waals surface area contributed by atoms with Crippen molar-refractivity contribution in [3.05, 3.63) is 0 Å². The van der Waals surface area contributed by atoms with Crippen molar-refractivity contribution in [3.63, 3.8) is 0 Å². The lowest BCUT2D eigenvalue weighted by Gasteiger charge is -2.30. The first kappa shape index (κ1) is 23.6. The van der Waals surface area contributed by atoms with Gasteiger partial charge in [-0.25, -0.2) is 0 Å². The summed E-state index contributed by atoms with van der Waals surface area (Å²) in [5.41, 5.74) is -0.946. The number of rotatable bonds is 15. The predicted octanol–water partition coefficient (Wildman–Crippen LogP) is 2.22. The molecule has 0 aromatic carbocycles. The fraction of sp³-hybridized carbons (Fsp3) is 1.00. The summed E-state index contributed by atoms with van der Waals surface area (Å²) in [6.45, 7) is 7.64. The molecule has 0 N–H and O–H groups in total. The molecule has 0 rings (SSSR count). The van der Waals surface area contributed by atoms with E-state index in [0.717, 1.165) is 38.6 Å². The lowest BCUT2D eigenvalue weighted by atomic mass is 10.5. The van der Waals surface area contributed by atoms with Gasteiger partial charge in [-0.2, -0.15) is 0 Å². The van der Waals surface area contributed by atoms with Crippen LogP contribution in [0.25, 0.3) is 0 Å². The van der Waals surface area contributed by atoms with Gasteiger partial charge < -0.3 is 28.6 Å². The molecule has 8 heteroatoms. The van der Waals surface area contributed by atoms with Crippen molar-refractivity contribution < 1.29 is 23.7 Å². The van der Waals surface area contributed by atoms with Crippen molar-refractivity contribution in [1.29, 1.82) is 0 Å². The Kier molecular flexibility index (Phi) is 13.3. The Morgan fingerprint density at radius 3 is 1.39 bits per heavy atom. The van der Waals surface area contributed by atoms with Gasteiger partial charge >= 0.3 is 0 Å². The maximum atomic E-state index is 5.42. The summed E-state index contributed by atoms with van der Waals surface area (Å²) in [4.78, 5) is 2.42. The third-order valence-corrected chi connectivity index (χ3v) is 6.97. The number of ether oxygens (including phenoxy) is 5. The van der Waals surface area contributed by atoms with Gasteiger partial charge in [0, 0.05) is 55.2 Å². The summed E-state index contributed by atoms with van der Waals surface area (Å²) in [5.74, 6) is 0. The van der Waals surface area contributed by atoms with Gasteiger partial charge in [-0.05, 0) is 26.2 Å². The lowest BCUT2D eigenvalue weighted by molar-refractivity contribution is -0.123. The molecule has 23 heavy (non-hydrogen) atoms. The van der Waals surface area contributed by atoms with Gasteiger partial charge in [-0.1, -0.05) is 17.2 Å². The fourth-order valence-electron chi connectivity index (χ4n) is 1.89. The number of hydrogen-bond donors (Lipinski definition) is 0. The molecule has 0 amide bonds. The van der Waals surface area contributed by atoms with E-state index >= 15 is 0 Å². The van der Waals surface area contributed by atoms with E-state index in [1.807, 2.05) is 13.8 Å². The molecule has 0 aromatic rings. The summed E-state index contributed by atoms with van der Waals surface area (Å²) < 4.78 is 26.9. The van der Waals surface area contributed by atoms with Crippen molar-refractivity contribution in [2.45, 2.75) is 24.9 Å². The van der Waals surface area contributed by atoms with Crippen LogP contribution in [0.3, 0.4) is 0 Å². The Morgan fingerprint density at radius 2 is 1.09 bits per heavy atom. The third-order valence-electron chi connectivity index (χ3n) is 3.92. The van der Waals surface area contributed by atoms with E-state index in [9.17, 15) is 0 Å². The molecule has 140 valence electrons. The minimum Gasteiger partial charge on any atom is -0.383 e. The molecule has 2 unspecified atom stereocenters. The highest BCUT2D eigenvalue weighted by Crippen LogP contribution is 2.34. The highest BCUT2D eigenvalue weighted by molar-refractivity contribution is 7.39. The van der Waals surface area contributed by atoms with Gasteiger partial charge in [0.15, 0.2) is 11.1 Å². The van der Waals surface area contributed by atoms with Crippen LogP contribution in [0.2, 0.25) is 0 Å². The van der Waals surface area contributed by atoms with E-state index in [4.69, 9.17) is 23.7 Å². The summed E-state index contributed by atoms with van der Waals surface area (Å²) >= 11 is 0. The normalized spacial score (nSPS) is 14.1. The molecule has 0 aromatic heterocycles. The fourth-order valence-corrected chi connectivity index (χ4v) is 4.23. The van der Waals surface area contributed by atoms with Crippen molar-refractivity contribution in [1.82, 2.24) is 4.90 Å². The van der Waals surface area contributed by atoms with Crippen LogP contribution in [0.4, 0.5) is 0 Å². The molecule has 2 atom stereocenters. The van der Waals surface area contributed by atoms with Crippen LogP contribution < -0.4 is 0 Å². The van der Waals surface area contributed by atoms with Crippen molar-refractivity contribution >= 4 is 17.2 Å². The second kappa shape index (κ2) is 12.9.